The van der Waals surface area contributed by atoms with Crippen LogP contribution in [0.25, 0.3) is 0 Å². The zero-order valence-corrected chi connectivity index (χ0v) is 9.76. The molecule has 1 aliphatic rings. The predicted octanol–water partition coefficient (Wildman–Crippen LogP) is 0.345. The van der Waals surface area contributed by atoms with E-state index in [2.05, 4.69) is 5.32 Å². The topological polar surface area (TPSA) is 83.5 Å². The van der Waals surface area contributed by atoms with Crippen LogP contribution in [0.5, 0.6) is 0 Å². The van der Waals surface area contributed by atoms with E-state index < -0.39 is 26.7 Å². The number of carbonyl (C=O) groups excluding carboxylic acids is 1. The van der Waals surface area contributed by atoms with Crippen molar-refractivity contribution >= 4 is 15.7 Å². The van der Waals surface area contributed by atoms with Gasteiger partial charge in [0, 0.05) is 6.26 Å². The smallest absolute Gasteiger partial charge is 0.266 e. The molecule has 1 aliphatic heterocycles. The summed E-state index contributed by atoms with van der Waals surface area (Å²) in [5, 5.41) is 12.1. The highest BCUT2D eigenvalue weighted by atomic mass is 32.2. The van der Waals surface area contributed by atoms with Crippen LogP contribution >= 0.6 is 0 Å². The first-order valence-electron chi connectivity index (χ1n) is 4.67. The quantitative estimate of drug-likeness (QED) is 0.736. The average molecular weight is 233 g/mol. The van der Waals surface area contributed by atoms with Crippen molar-refractivity contribution in [1.82, 2.24) is 5.32 Å². The molecule has 0 saturated heterocycles. The van der Waals surface area contributed by atoms with Gasteiger partial charge in [0.1, 0.15) is 5.76 Å². The SMILES string of the molecule is CC(C)CC1NC(=O)C(S(C)(=O)=O)=C1O. The lowest BCUT2D eigenvalue weighted by atomic mass is 10.0. The monoisotopic (exact) mass is 233 g/mol. The third-order valence-corrected chi connectivity index (χ3v) is 3.29. The zero-order chi connectivity index (χ0) is 11.8. The van der Waals surface area contributed by atoms with Gasteiger partial charge in [0.05, 0.1) is 6.04 Å². The highest BCUT2D eigenvalue weighted by Gasteiger charge is 2.37. The first-order valence-corrected chi connectivity index (χ1v) is 6.56. The second-order valence-electron chi connectivity index (χ2n) is 4.14. The van der Waals surface area contributed by atoms with Crippen LogP contribution in [0.15, 0.2) is 10.7 Å². The summed E-state index contributed by atoms with van der Waals surface area (Å²) in [6, 6.07) is -0.567. The molecular formula is C9H15NO4S. The van der Waals surface area contributed by atoms with Crippen molar-refractivity contribution < 1.29 is 18.3 Å². The second kappa shape index (κ2) is 3.84. The molecule has 1 amide bonds. The molecule has 0 spiro atoms. The van der Waals surface area contributed by atoms with Crippen molar-refractivity contribution in [3.8, 4) is 0 Å². The molecule has 0 saturated carbocycles. The van der Waals surface area contributed by atoms with Crippen molar-refractivity contribution in [1.29, 1.82) is 0 Å². The van der Waals surface area contributed by atoms with E-state index in [0.29, 0.717) is 6.42 Å². The summed E-state index contributed by atoms with van der Waals surface area (Å²) >= 11 is 0. The average Bonchev–Trinajstić information content (AvgIpc) is 2.23. The molecule has 2 N–H and O–H groups in total. The first kappa shape index (κ1) is 12.0. The Kier molecular flexibility index (Phi) is 3.08. The highest BCUT2D eigenvalue weighted by molar-refractivity contribution is 7.95. The van der Waals surface area contributed by atoms with Crippen molar-refractivity contribution in [3.63, 3.8) is 0 Å². The zero-order valence-electron chi connectivity index (χ0n) is 8.94. The van der Waals surface area contributed by atoms with Crippen LogP contribution in [0.3, 0.4) is 0 Å². The molecule has 1 unspecified atom stereocenters. The molecule has 0 fully saturated rings. The molecule has 1 rings (SSSR count). The summed E-state index contributed by atoms with van der Waals surface area (Å²) in [5.41, 5.74) is 0. The molecular weight excluding hydrogens is 218 g/mol. The maximum absolute atomic E-state index is 11.3. The molecule has 15 heavy (non-hydrogen) atoms. The summed E-state index contributed by atoms with van der Waals surface area (Å²) in [7, 11) is -3.65. The van der Waals surface area contributed by atoms with Crippen LogP contribution in [-0.2, 0) is 14.6 Å². The molecule has 0 aliphatic carbocycles. The first-order chi connectivity index (χ1) is 6.73. The minimum absolute atomic E-state index is 0.261. The van der Waals surface area contributed by atoms with Crippen LogP contribution in [0.4, 0.5) is 0 Å². The molecule has 0 bridgehead atoms. The third kappa shape index (κ3) is 2.50. The lowest BCUT2D eigenvalue weighted by Crippen LogP contribution is -2.30. The minimum Gasteiger partial charge on any atom is -0.509 e. The van der Waals surface area contributed by atoms with E-state index in [1.807, 2.05) is 13.8 Å². The van der Waals surface area contributed by atoms with Crippen molar-refractivity contribution in [3.05, 3.63) is 10.7 Å². The van der Waals surface area contributed by atoms with Crippen LogP contribution < -0.4 is 5.32 Å². The van der Waals surface area contributed by atoms with E-state index in [1.54, 1.807) is 0 Å². The number of sulfone groups is 1. The van der Waals surface area contributed by atoms with Crippen molar-refractivity contribution in [2.45, 2.75) is 26.3 Å². The third-order valence-electron chi connectivity index (χ3n) is 2.15. The van der Waals surface area contributed by atoms with Gasteiger partial charge < -0.3 is 10.4 Å². The number of nitrogens with one attached hydrogen (secondary N) is 1. The van der Waals surface area contributed by atoms with Crippen LogP contribution in [0.1, 0.15) is 20.3 Å². The summed E-state index contributed by atoms with van der Waals surface area (Å²) in [4.78, 5) is 10.8. The van der Waals surface area contributed by atoms with Gasteiger partial charge in [0.2, 0.25) is 0 Å². The Morgan fingerprint density at radius 2 is 2.00 bits per heavy atom. The molecule has 5 nitrogen and oxygen atoms in total. The molecule has 6 heteroatoms. The number of aliphatic hydroxyl groups excluding tert-OH is 1. The number of carbonyl (C=O) groups is 1. The summed E-state index contributed by atoms with van der Waals surface area (Å²) in [6.07, 6.45) is 1.44. The number of hydrogen-bond donors (Lipinski definition) is 2. The maximum Gasteiger partial charge on any atom is 0.266 e. The Hall–Kier alpha value is -1.04. The van der Waals surface area contributed by atoms with Gasteiger partial charge >= 0.3 is 0 Å². The van der Waals surface area contributed by atoms with Gasteiger partial charge in [-0.3, -0.25) is 4.79 Å². The Morgan fingerprint density at radius 3 is 2.33 bits per heavy atom. The maximum atomic E-state index is 11.3. The summed E-state index contributed by atoms with van der Waals surface area (Å²) < 4.78 is 22.4. The summed E-state index contributed by atoms with van der Waals surface area (Å²) in [5.74, 6) is -0.798. The standard InChI is InChI=1S/C9H15NO4S/c1-5(2)4-6-7(11)8(9(12)10-6)15(3,13)14/h5-6,11H,4H2,1-3H3,(H,10,12). The molecule has 0 radical (unpaired) electrons. The number of aliphatic hydroxyl groups is 1. The van der Waals surface area contributed by atoms with Gasteiger partial charge in [-0.25, -0.2) is 8.42 Å². The molecule has 0 aromatic carbocycles. The van der Waals surface area contributed by atoms with E-state index in [-0.39, 0.29) is 11.7 Å². The predicted molar refractivity (Wildman–Crippen MR) is 55.9 cm³/mol. The van der Waals surface area contributed by atoms with Crippen molar-refractivity contribution in [2.24, 2.45) is 5.92 Å². The van der Waals surface area contributed by atoms with E-state index in [9.17, 15) is 18.3 Å². The van der Waals surface area contributed by atoms with E-state index in [4.69, 9.17) is 0 Å². The van der Waals surface area contributed by atoms with E-state index in [0.717, 1.165) is 6.26 Å². The van der Waals surface area contributed by atoms with Crippen molar-refractivity contribution in [2.75, 3.05) is 6.26 Å². The Morgan fingerprint density at radius 1 is 1.47 bits per heavy atom. The largest absolute Gasteiger partial charge is 0.509 e. The molecule has 0 aromatic heterocycles. The highest BCUT2D eigenvalue weighted by Crippen LogP contribution is 2.23. The van der Waals surface area contributed by atoms with Gasteiger partial charge in [-0.15, -0.1) is 0 Å². The van der Waals surface area contributed by atoms with Gasteiger partial charge in [-0.1, -0.05) is 13.8 Å². The number of hydrogen-bond acceptors (Lipinski definition) is 4. The second-order valence-corrected chi connectivity index (χ2v) is 6.09. The van der Waals surface area contributed by atoms with E-state index in [1.165, 1.54) is 0 Å². The molecule has 0 aromatic rings. The molecule has 86 valence electrons. The minimum atomic E-state index is -3.65. The van der Waals surface area contributed by atoms with Gasteiger partial charge in [-0.05, 0) is 12.3 Å². The van der Waals surface area contributed by atoms with Crippen LogP contribution in [-0.4, -0.2) is 31.7 Å². The van der Waals surface area contributed by atoms with Gasteiger partial charge in [0.15, 0.2) is 14.7 Å². The van der Waals surface area contributed by atoms with Crippen LogP contribution in [0, 0.1) is 5.92 Å². The fourth-order valence-corrected chi connectivity index (χ4v) is 2.48. The lowest BCUT2D eigenvalue weighted by molar-refractivity contribution is -0.116. The lowest BCUT2D eigenvalue weighted by Gasteiger charge is -2.12. The molecule has 1 heterocycles. The fourth-order valence-electron chi connectivity index (χ4n) is 1.57. The number of amides is 1. The van der Waals surface area contributed by atoms with Gasteiger partial charge in [-0.2, -0.15) is 0 Å². The Balaban J connectivity index is 3.05. The Labute approximate surface area is 89.1 Å². The summed E-state index contributed by atoms with van der Waals surface area (Å²) in [6.45, 7) is 3.86. The normalized spacial score (nSPS) is 22.4. The van der Waals surface area contributed by atoms with Crippen LogP contribution in [0.2, 0.25) is 0 Å². The number of rotatable bonds is 3. The van der Waals surface area contributed by atoms with E-state index >= 15 is 0 Å². The Bertz CT molecular complexity index is 408. The molecule has 1 atom stereocenters. The van der Waals surface area contributed by atoms with Gasteiger partial charge in [0.25, 0.3) is 5.91 Å². The fraction of sp³-hybridized carbons (Fsp3) is 0.667.